The van der Waals surface area contributed by atoms with E-state index in [1.807, 2.05) is 0 Å². The van der Waals surface area contributed by atoms with Crippen LogP contribution in [0.1, 0.15) is 12.8 Å². The molecule has 1 heterocycles. The van der Waals surface area contributed by atoms with Gasteiger partial charge in [0.1, 0.15) is 6.04 Å². The summed E-state index contributed by atoms with van der Waals surface area (Å²) < 4.78 is 4.46. The molecule has 2 atom stereocenters. The highest BCUT2D eigenvalue weighted by molar-refractivity contribution is 5.82. The zero-order valence-electron chi connectivity index (χ0n) is 7.58. The molecule has 5 nitrogen and oxygen atoms in total. The predicted molar refractivity (Wildman–Crippen MR) is 45.7 cm³/mol. The van der Waals surface area contributed by atoms with Gasteiger partial charge < -0.3 is 15.8 Å². The van der Waals surface area contributed by atoms with Gasteiger partial charge in [-0.25, -0.2) is 0 Å². The average molecular weight is 186 g/mol. The van der Waals surface area contributed by atoms with Crippen LogP contribution in [0.3, 0.4) is 0 Å². The molecule has 0 aliphatic carbocycles. The number of rotatable bonds is 3. The molecule has 3 N–H and O–H groups in total. The van der Waals surface area contributed by atoms with Crippen LogP contribution < -0.4 is 11.1 Å². The van der Waals surface area contributed by atoms with Crippen LogP contribution in [0.4, 0.5) is 0 Å². The van der Waals surface area contributed by atoms with E-state index in [0.29, 0.717) is 13.0 Å². The molecule has 1 amide bonds. The molecule has 5 heteroatoms. The summed E-state index contributed by atoms with van der Waals surface area (Å²) in [4.78, 5) is 22.0. The van der Waals surface area contributed by atoms with Crippen molar-refractivity contribution < 1.29 is 14.3 Å². The second kappa shape index (κ2) is 4.23. The number of esters is 1. The van der Waals surface area contributed by atoms with Crippen molar-refractivity contribution in [2.75, 3.05) is 13.7 Å². The smallest absolute Gasteiger partial charge is 0.322 e. The van der Waals surface area contributed by atoms with Gasteiger partial charge in [-0.3, -0.25) is 9.59 Å². The van der Waals surface area contributed by atoms with E-state index in [2.05, 4.69) is 10.1 Å². The first-order chi connectivity index (χ1) is 6.15. The van der Waals surface area contributed by atoms with Gasteiger partial charge in [-0.15, -0.1) is 0 Å². The zero-order valence-corrected chi connectivity index (χ0v) is 7.58. The minimum Gasteiger partial charge on any atom is -0.468 e. The second-order valence-corrected chi connectivity index (χ2v) is 3.14. The van der Waals surface area contributed by atoms with Gasteiger partial charge in [0.15, 0.2) is 0 Å². The molecule has 13 heavy (non-hydrogen) atoms. The Balaban J connectivity index is 2.39. The molecule has 0 aromatic rings. The molecular weight excluding hydrogens is 172 g/mol. The molecule has 0 radical (unpaired) electrons. The van der Waals surface area contributed by atoms with Crippen molar-refractivity contribution in [3.05, 3.63) is 0 Å². The van der Waals surface area contributed by atoms with Gasteiger partial charge in [-0.05, 0) is 12.8 Å². The molecule has 2 unspecified atom stereocenters. The van der Waals surface area contributed by atoms with Gasteiger partial charge in [0.25, 0.3) is 0 Å². The summed E-state index contributed by atoms with van der Waals surface area (Å²) in [6, 6.07) is -0.682. The zero-order chi connectivity index (χ0) is 9.84. The maximum absolute atomic E-state index is 11.1. The van der Waals surface area contributed by atoms with E-state index in [-0.39, 0.29) is 11.8 Å². The molecule has 0 aromatic carbocycles. The Kier molecular flexibility index (Phi) is 3.25. The van der Waals surface area contributed by atoms with Crippen LogP contribution >= 0.6 is 0 Å². The van der Waals surface area contributed by atoms with Crippen molar-refractivity contribution in [2.45, 2.75) is 18.9 Å². The van der Waals surface area contributed by atoms with Gasteiger partial charge in [0.2, 0.25) is 5.91 Å². The molecule has 1 aliphatic rings. The Morgan fingerprint density at radius 2 is 2.54 bits per heavy atom. The van der Waals surface area contributed by atoms with Crippen LogP contribution in [-0.4, -0.2) is 31.6 Å². The minimum atomic E-state index is -0.682. The lowest BCUT2D eigenvalue weighted by Crippen LogP contribution is -2.35. The van der Waals surface area contributed by atoms with E-state index in [0.717, 1.165) is 6.42 Å². The number of carbonyl (C=O) groups excluding carboxylic acids is 2. The number of hydrogen-bond donors (Lipinski definition) is 2. The summed E-state index contributed by atoms with van der Waals surface area (Å²) in [5, 5.41) is 2.69. The summed E-state index contributed by atoms with van der Waals surface area (Å²) >= 11 is 0. The number of carbonyl (C=O) groups is 2. The van der Waals surface area contributed by atoms with Crippen molar-refractivity contribution in [1.82, 2.24) is 5.32 Å². The Labute approximate surface area is 76.6 Å². The van der Waals surface area contributed by atoms with E-state index in [4.69, 9.17) is 5.73 Å². The molecule has 0 spiro atoms. The fourth-order valence-corrected chi connectivity index (χ4v) is 1.42. The highest BCUT2D eigenvalue weighted by atomic mass is 16.5. The number of methoxy groups -OCH3 is 1. The van der Waals surface area contributed by atoms with E-state index in [9.17, 15) is 9.59 Å². The molecule has 0 saturated carbocycles. The molecule has 1 aliphatic heterocycles. The normalized spacial score (nSPS) is 23.8. The predicted octanol–water partition coefficient (Wildman–Crippen LogP) is -0.987. The fraction of sp³-hybridized carbons (Fsp3) is 0.750. The fourth-order valence-electron chi connectivity index (χ4n) is 1.42. The van der Waals surface area contributed by atoms with Gasteiger partial charge in [-0.1, -0.05) is 0 Å². The van der Waals surface area contributed by atoms with E-state index in [1.54, 1.807) is 0 Å². The van der Waals surface area contributed by atoms with Gasteiger partial charge >= 0.3 is 5.97 Å². The summed E-state index contributed by atoms with van der Waals surface area (Å²) in [5.41, 5.74) is 5.52. The Bertz CT molecular complexity index is 217. The topological polar surface area (TPSA) is 81.4 Å². The first kappa shape index (κ1) is 9.98. The van der Waals surface area contributed by atoms with E-state index in [1.165, 1.54) is 7.11 Å². The van der Waals surface area contributed by atoms with Crippen molar-refractivity contribution in [3.63, 3.8) is 0 Å². The molecule has 0 bridgehead atoms. The highest BCUT2D eigenvalue weighted by Gasteiger charge is 2.28. The van der Waals surface area contributed by atoms with Crippen LogP contribution in [0.25, 0.3) is 0 Å². The van der Waals surface area contributed by atoms with E-state index < -0.39 is 12.0 Å². The molecule has 0 aromatic heterocycles. The number of ether oxygens (including phenoxy) is 1. The van der Waals surface area contributed by atoms with Crippen LogP contribution in [-0.2, 0) is 14.3 Å². The number of nitrogens with two attached hydrogens (primary N) is 1. The van der Waals surface area contributed by atoms with E-state index >= 15 is 0 Å². The monoisotopic (exact) mass is 186 g/mol. The maximum Gasteiger partial charge on any atom is 0.322 e. The van der Waals surface area contributed by atoms with Gasteiger partial charge in [-0.2, -0.15) is 0 Å². The van der Waals surface area contributed by atoms with Crippen molar-refractivity contribution in [3.8, 4) is 0 Å². The third-order valence-corrected chi connectivity index (χ3v) is 2.21. The SMILES string of the molecule is COC(=O)C(N)CC1CCNC1=O. The molecule has 1 rings (SSSR count). The Hall–Kier alpha value is -1.10. The van der Waals surface area contributed by atoms with Crippen LogP contribution in [0.15, 0.2) is 0 Å². The number of amides is 1. The summed E-state index contributed by atoms with van der Waals surface area (Å²) in [7, 11) is 1.29. The summed E-state index contributed by atoms with van der Waals surface area (Å²) in [5.74, 6) is -0.604. The van der Waals surface area contributed by atoms with Gasteiger partial charge in [0, 0.05) is 12.5 Å². The van der Waals surface area contributed by atoms with Crippen molar-refractivity contribution >= 4 is 11.9 Å². The van der Waals surface area contributed by atoms with Crippen LogP contribution in [0.2, 0.25) is 0 Å². The summed E-state index contributed by atoms with van der Waals surface area (Å²) in [6.07, 6.45) is 1.13. The first-order valence-corrected chi connectivity index (χ1v) is 4.26. The number of hydrogen-bond acceptors (Lipinski definition) is 4. The second-order valence-electron chi connectivity index (χ2n) is 3.14. The van der Waals surface area contributed by atoms with Crippen molar-refractivity contribution in [1.29, 1.82) is 0 Å². The summed E-state index contributed by atoms with van der Waals surface area (Å²) in [6.45, 7) is 0.678. The molecule has 1 fully saturated rings. The van der Waals surface area contributed by atoms with Crippen LogP contribution in [0.5, 0.6) is 0 Å². The highest BCUT2D eigenvalue weighted by Crippen LogP contribution is 2.15. The standard InChI is InChI=1S/C8H14N2O3/c1-13-8(12)6(9)4-5-2-3-10-7(5)11/h5-6H,2-4,9H2,1H3,(H,10,11). The quantitative estimate of drug-likeness (QED) is 0.555. The Morgan fingerprint density at radius 1 is 1.85 bits per heavy atom. The lowest BCUT2D eigenvalue weighted by atomic mass is 9.99. The average Bonchev–Trinajstić information content (AvgIpc) is 2.50. The van der Waals surface area contributed by atoms with Crippen molar-refractivity contribution in [2.24, 2.45) is 11.7 Å². The lowest BCUT2D eigenvalue weighted by Gasteiger charge is -2.11. The largest absolute Gasteiger partial charge is 0.468 e. The van der Waals surface area contributed by atoms with Gasteiger partial charge in [0.05, 0.1) is 7.11 Å². The first-order valence-electron chi connectivity index (χ1n) is 4.26. The molecule has 74 valence electrons. The molecular formula is C8H14N2O3. The lowest BCUT2D eigenvalue weighted by molar-refractivity contribution is -0.142. The molecule has 1 saturated heterocycles. The minimum absolute atomic E-state index is 0.0145. The third kappa shape index (κ3) is 2.42. The van der Waals surface area contributed by atoms with Crippen LogP contribution in [0, 0.1) is 5.92 Å². The maximum atomic E-state index is 11.1. The number of nitrogens with one attached hydrogen (secondary N) is 1. The third-order valence-electron chi connectivity index (χ3n) is 2.21. The Morgan fingerprint density at radius 3 is 3.00 bits per heavy atom.